The molecular weight excluding hydrogens is 176 g/mol. The molecule has 5 heteroatoms. The van der Waals surface area contributed by atoms with Crippen LogP contribution in [0.3, 0.4) is 0 Å². The zero-order valence-electron chi connectivity index (χ0n) is 7.75. The molecule has 1 fully saturated rings. The fourth-order valence-electron chi connectivity index (χ4n) is 1.51. The van der Waals surface area contributed by atoms with Gasteiger partial charge in [-0.05, 0) is 6.42 Å². The maximum atomic E-state index is 9.49. The molecule has 1 aliphatic heterocycles. The Bertz CT molecular complexity index is 163. The minimum Gasteiger partial charge on any atom is -0.388 e. The summed E-state index contributed by atoms with van der Waals surface area (Å²) in [5.41, 5.74) is 0. The molecule has 13 heavy (non-hydrogen) atoms. The molecule has 0 spiro atoms. The van der Waals surface area contributed by atoms with Crippen LogP contribution in [0, 0.1) is 0 Å². The van der Waals surface area contributed by atoms with Crippen LogP contribution in [0.2, 0.25) is 0 Å². The van der Waals surface area contributed by atoms with E-state index >= 15 is 0 Å². The van der Waals surface area contributed by atoms with E-state index in [4.69, 9.17) is 9.47 Å². The van der Waals surface area contributed by atoms with Gasteiger partial charge in [-0.2, -0.15) is 0 Å². The molecule has 0 aromatic heterocycles. The third-order valence-corrected chi connectivity index (χ3v) is 2.34. The van der Waals surface area contributed by atoms with E-state index in [1.807, 2.05) is 0 Å². The molecule has 0 aromatic rings. The van der Waals surface area contributed by atoms with E-state index in [-0.39, 0.29) is 0 Å². The van der Waals surface area contributed by atoms with Gasteiger partial charge in [-0.1, -0.05) is 6.92 Å². The van der Waals surface area contributed by atoms with Crippen LogP contribution < -0.4 is 0 Å². The van der Waals surface area contributed by atoms with Crippen LogP contribution in [0.4, 0.5) is 0 Å². The van der Waals surface area contributed by atoms with E-state index in [0.29, 0.717) is 6.42 Å². The van der Waals surface area contributed by atoms with E-state index in [1.54, 1.807) is 6.92 Å². The highest BCUT2D eigenvalue weighted by molar-refractivity contribution is 4.88. The highest BCUT2D eigenvalue weighted by Gasteiger charge is 2.43. The zero-order valence-corrected chi connectivity index (χ0v) is 7.75. The lowest BCUT2D eigenvalue weighted by molar-refractivity contribution is -0.287. The molecule has 0 aliphatic carbocycles. The summed E-state index contributed by atoms with van der Waals surface area (Å²) in [4.78, 5) is 0. The Morgan fingerprint density at radius 1 is 1.23 bits per heavy atom. The molecule has 78 valence electrons. The summed E-state index contributed by atoms with van der Waals surface area (Å²) in [6, 6.07) is 0. The van der Waals surface area contributed by atoms with E-state index < -0.39 is 30.7 Å². The maximum Gasteiger partial charge on any atom is 0.184 e. The van der Waals surface area contributed by atoms with Gasteiger partial charge in [0.2, 0.25) is 0 Å². The normalized spacial score (nSPS) is 46.4. The van der Waals surface area contributed by atoms with Crippen molar-refractivity contribution >= 4 is 0 Å². The molecule has 3 N–H and O–H groups in total. The van der Waals surface area contributed by atoms with E-state index in [9.17, 15) is 15.3 Å². The number of hydrogen-bond donors (Lipinski definition) is 3. The second kappa shape index (κ2) is 4.34. The van der Waals surface area contributed by atoms with Crippen LogP contribution >= 0.6 is 0 Å². The summed E-state index contributed by atoms with van der Waals surface area (Å²) >= 11 is 0. The van der Waals surface area contributed by atoms with Crippen molar-refractivity contribution in [3.05, 3.63) is 0 Å². The van der Waals surface area contributed by atoms with Gasteiger partial charge in [0.25, 0.3) is 0 Å². The van der Waals surface area contributed by atoms with Gasteiger partial charge in [-0.25, -0.2) is 0 Å². The molecule has 5 nitrogen and oxygen atoms in total. The summed E-state index contributed by atoms with van der Waals surface area (Å²) in [5, 5.41) is 28.3. The minimum absolute atomic E-state index is 0.531. The average Bonchev–Trinajstić information content (AvgIpc) is 2.12. The third kappa shape index (κ3) is 2.00. The van der Waals surface area contributed by atoms with Crippen LogP contribution in [0.1, 0.15) is 13.3 Å². The van der Waals surface area contributed by atoms with Crippen molar-refractivity contribution in [2.24, 2.45) is 0 Å². The Morgan fingerprint density at radius 2 is 1.85 bits per heavy atom. The fraction of sp³-hybridized carbons (Fsp3) is 1.00. The van der Waals surface area contributed by atoms with Crippen molar-refractivity contribution < 1.29 is 24.8 Å². The van der Waals surface area contributed by atoms with Gasteiger partial charge in [0.05, 0.1) is 6.10 Å². The first-order valence-corrected chi connectivity index (χ1v) is 4.34. The molecule has 0 amide bonds. The van der Waals surface area contributed by atoms with Gasteiger partial charge in [0, 0.05) is 7.11 Å². The Balaban J connectivity index is 2.66. The van der Waals surface area contributed by atoms with Crippen molar-refractivity contribution in [1.82, 2.24) is 0 Å². The first kappa shape index (κ1) is 10.9. The van der Waals surface area contributed by atoms with Crippen LogP contribution in [-0.2, 0) is 9.47 Å². The SMILES string of the molecule is CCC1OC(O)C(OC)C(O)C1O. The first-order valence-electron chi connectivity index (χ1n) is 4.34. The zero-order chi connectivity index (χ0) is 10.0. The highest BCUT2D eigenvalue weighted by Crippen LogP contribution is 2.23. The van der Waals surface area contributed by atoms with Crippen molar-refractivity contribution in [2.75, 3.05) is 7.11 Å². The number of rotatable bonds is 2. The lowest BCUT2D eigenvalue weighted by atomic mass is 9.97. The van der Waals surface area contributed by atoms with Gasteiger partial charge in [-0.3, -0.25) is 0 Å². The monoisotopic (exact) mass is 192 g/mol. The van der Waals surface area contributed by atoms with Gasteiger partial charge >= 0.3 is 0 Å². The molecule has 1 aliphatic rings. The van der Waals surface area contributed by atoms with Crippen molar-refractivity contribution in [2.45, 2.75) is 44.1 Å². The number of hydrogen-bond acceptors (Lipinski definition) is 5. The summed E-state index contributed by atoms with van der Waals surface area (Å²) in [7, 11) is 1.35. The largest absolute Gasteiger partial charge is 0.388 e. The van der Waals surface area contributed by atoms with Gasteiger partial charge < -0.3 is 24.8 Å². The molecule has 0 saturated carbocycles. The Hall–Kier alpha value is -0.200. The van der Waals surface area contributed by atoms with Crippen molar-refractivity contribution in [3.8, 4) is 0 Å². The molecule has 0 radical (unpaired) electrons. The first-order chi connectivity index (χ1) is 6.11. The molecule has 5 unspecified atom stereocenters. The molecule has 1 rings (SSSR count). The summed E-state index contributed by atoms with van der Waals surface area (Å²) < 4.78 is 9.84. The topological polar surface area (TPSA) is 79.2 Å². The Kier molecular flexibility index (Phi) is 3.63. The summed E-state index contributed by atoms with van der Waals surface area (Å²) in [5.74, 6) is 0. The lowest BCUT2D eigenvalue weighted by Crippen LogP contribution is -2.57. The second-order valence-corrected chi connectivity index (χ2v) is 3.15. The smallest absolute Gasteiger partial charge is 0.184 e. The molecule has 5 atom stereocenters. The highest BCUT2D eigenvalue weighted by atomic mass is 16.7. The Morgan fingerprint density at radius 3 is 2.31 bits per heavy atom. The predicted molar refractivity (Wildman–Crippen MR) is 44.0 cm³/mol. The van der Waals surface area contributed by atoms with Gasteiger partial charge in [-0.15, -0.1) is 0 Å². The van der Waals surface area contributed by atoms with Crippen LogP contribution in [0.15, 0.2) is 0 Å². The number of methoxy groups -OCH3 is 1. The van der Waals surface area contributed by atoms with E-state index in [2.05, 4.69) is 0 Å². The average molecular weight is 192 g/mol. The number of aliphatic hydroxyl groups excluding tert-OH is 3. The summed E-state index contributed by atoms with van der Waals surface area (Å²) in [6.07, 6.45) is -4.15. The predicted octanol–water partition coefficient (Wildman–Crippen LogP) is -1.15. The summed E-state index contributed by atoms with van der Waals surface area (Å²) in [6.45, 7) is 1.81. The molecule has 0 bridgehead atoms. The van der Waals surface area contributed by atoms with Gasteiger partial charge in [0.15, 0.2) is 6.29 Å². The number of ether oxygens (including phenoxy) is 2. The fourth-order valence-corrected chi connectivity index (χ4v) is 1.51. The van der Waals surface area contributed by atoms with E-state index in [1.165, 1.54) is 7.11 Å². The second-order valence-electron chi connectivity index (χ2n) is 3.15. The van der Waals surface area contributed by atoms with Crippen LogP contribution in [0.25, 0.3) is 0 Å². The molecular formula is C8H16O5. The minimum atomic E-state index is -1.17. The lowest BCUT2D eigenvalue weighted by Gasteiger charge is -2.39. The van der Waals surface area contributed by atoms with Crippen LogP contribution in [0.5, 0.6) is 0 Å². The molecule has 1 saturated heterocycles. The van der Waals surface area contributed by atoms with Crippen LogP contribution in [-0.4, -0.2) is 53.1 Å². The van der Waals surface area contributed by atoms with Crippen molar-refractivity contribution in [3.63, 3.8) is 0 Å². The quantitative estimate of drug-likeness (QED) is 0.515. The Labute approximate surface area is 76.9 Å². The standard InChI is InChI=1S/C8H16O5/c1-3-4-5(9)6(10)7(12-2)8(11)13-4/h4-11H,3H2,1-2H3. The van der Waals surface area contributed by atoms with E-state index in [0.717, 1.165) is 0 Å². The number of aliphatic hydroxyl groups is 3. The molecule has 0 aromatic carbocycles. The molecule has 1 heterocycles. The van der Waals surface area contributed by atoms with Crippen molar-refractivity contribution in [1.29, 1.82) is 0 Å². The third-order valence-electron chi connectivity index (χ3n) is 2.34. The maximum absolute atomic E-state index is 9.49. The van der Waals surface area contributed by atoms with Gasteiger partial charge in [0.1, 0.15) is 18.3 Å².